The summed E-state index contributed by atoms with van der Waals surface area (Å²) in [6.45, 7) is 3.19. The Morgan fingerprint density at radius 3 is 2.54 bits per heavy atom. The average molecular weight is 355 g/mol. The van der Waals surface area contributed by atoms with E-state index in [1.807, 2.05) is 0 Å². The molecule has 2 aromatic rings. The Labute approximate surface area is 136 Å². The van der Waals surface area contributed by atoms with Crippen LogP contribution in [0.25, 0.3) is 0 Å². The molecule has 0 unspecified atom stereocenters. The summed E-state index contributed by atoms with van der Waals surface area (Å²) in [7, 11) is -4.07. The number of nitro groups is 1. The Morgan fingerprint density at radius 1 is 1.38 bits per heavy atom. The van der Waals surface area contributed by atoms with Crippen LogP contribution in [-0.4, -0.2) is 41.0 Å². The molecule has 128 valence electrons. The number of hydrogen-bond donors (Lipinski definition) is 1. The van der Waals surface area contributed by atoms with Crippen LogP contribution in [0, 0.1) is 17.0 Å². The summed E-state index contributed by atoms with van der Waals surface area (Å²) in [5.74, 6) is -0.726. The van der Waals surface area contributed by atoms with Gasteiger partial charge in [0.1, 0.15) is 0 Å². The maximum Gasteiger partial charge on any atom is 0.360 e. The average Bonchev–Trinajstić information content (AvgIpc) is 2.88. The number of rotatable bonds is 6. The van der Waals surface area contributed by atoms with Gasteiger partial charge in [0, 0.05) is 12.1 Å². The Balaban J connectivity index is 2.26. The molecule has 24 heavy (non-hydrogen) atoms. The molecule has 1 N–H and O–H groups in total. The van der Waals surface area contributed by atoms with E-state index in [-0.39, 0.29) is 28.6 Å². The quantitative estimate of drug-likeness (QED) is 0.450. The number of nitro benzene ring substituents is 1. The Bertz CT molecular complexity index is 874. The van der Waals surface area contributed by atoms with Gasteiger partial charge in [-0.2, -0.15) is 13.2 Å². The first-order chi connectivity index (χ1) is 11.3. The highest BCUT2D eigenvalue weighted by atomic mass is 32.2. The Hall–Kier alpha value is -3.02. The van der Waals surface area contributed by atoms with Gasteiger partial charge in [-0.3, -0.25) is 10.1 Å². The number of nitrogens with zero attached hydrogens (tertiary/aromatic N) is 4. The van der Waals surface area contributed by atoms with Crippen molar-refractivity contribution in [3.05, 3.63) is 45.8 Å². The second-order valence-corrected chi connectivity index (χ2v) is 6.16. The molecule has 0 radical (unpaired) electrons. The number of carbonyl (C=O) groups is 1. The third-order valence-corrected chi connectivity index (χ3v) is 4.23. The van der Waals surface area contributed by atoms with E-state index in [0.29, 0.717) is 0 Å². The Kier molecular flexibility index (Phi) is 4.78. The molecule has 0 aliphatic rings. The second kappa shape index (κ2) is 6.62. The molecule has 11 nitrogen and oxygen atoms in total. The van der Waals surface area contributed by atoms with Crippen molar-refractivity contribution in [2.45, 2.75) is 18.7 Å². The standard InChI is InChI=1S/C12H13N5O6S/c1-3-23-12(18)11-8(2)16(14-13-11)15-24(21,22)10-6-4-9(5-7-10)17(19)20/h4-7,15H,3H2,1-2H3. The Morgan fingerprint density at radius 2 is 2.00 bits per heavy atom. The molecule has 0 saturated carbocycles. The van der Waals surface area contributed by atoms with E-state index in [2.05, 4.69) is 15.1 Å². The molecule has 0 amide bonds. The third-order valence-electron chi connectivity index (χ3n) is 2.93. The summed E-state index contributed by atoms with van der Waals surface area (Å²) in [5.41, 5.74) is -0.224. The number of carbonyl (C=O) groups excluding carboxylic acids is 1. The van der Waals surface area contributed by atoms with Gasteiger partial charge in [0.15, 0.2) is 5.69 Å². The van der Waals surface area contributed by atoms with Gasteiger partial charge in [0.2, 0.25) is 0 Å². The lowest BCUT2D eigenvalue weighted by molar-refractivity contribution is -0.384. The molecule has 1 aromatic heterocycles. The minimum atomic E-state index is -4.07. The van der Waals surface area contributed by atoms with Crippen LogP contribution in [0.4, 0.5) is 5.69 Å². The molecule has 0 aliphatic carbocycles. The molecule has 0 aliphatic heterocycles. The van der Waals surface area contributed by atoms with Gasteiger partial charge in [-0.15, -0.1) is 9.89 Å². The number of nitrogens with one attached hydrogen (secondary N) is 1. The van der Waals surface area contributed by atoms with Crippen LogP contribution < -0.4 is 4.83 Å². The molecular formula is C12H13N5O6S. The molecule has 0 spiro atoms. The topological polar surface area (TPSA) is 146 Å². The largest absolute Gasteiger partial charge is 0.461 e. The van der Waals surface area contributed by atoms with Crippen LogP contribution in [0.15, 0.2) is 29.2 Å². The molecule has 1 heterocycles. The number of esters is 1. The van der Waals surface area contributed by atoms with Crippen molar-refractivity contribution >= 4 is 21.7 Å². The predicted molar refractivity (Wildman–Crippen MR) is 80.4 cm³/mol. The lowest BCUT2D eigenvalue weighted by Gasteiger charge is -2.08. The normalized spacial score (nSPS) is 11.1. The lowest BCUT2D eigenvalue weighted by atomic mass is 10.3. The summed E-state index contributed by atoms with van der Waals surface area (Å²) in [6, 6.07) is 4.29. The molecule has 1 aromatic carbocycles. The van der Waals surface area contributed by atoms with Gasteiger partial charge in [-0.1, -0.05) is 0 Å². The molecule has 0 fully saturated rings. The van der Waals surface area contributed by atoms with E-state index >= 15 is 0 Å². The molecule has 0 bridgehead atoms. The fraction of sp³-hybridized carbons (Fsp3) is 0.250. The maximum absolute atomic E-state index is 12.3. The number of non-ortho nitro benzene ring substituents is 1. The van der Waals surface area contributed by atoms with Gasteiger partial charge in [-0.25, -0.2) is 4.79 Å². The smallest absolute Gasteiger partial charge is 0.360 e. The lowest BCUT2D eigenvalue weighted by Crippen LogP contribution is -2.25. The number of hydrogen-bond acceptors (Lipinski definition) is 8. The van der Waals surface area contributed by atoms with Crippen molar-refractivity contribution < 1.29 is 22.9 Å². The predicted octanol–water partition coefficient (Wildman–Crippen LogP) is 0.604. The zero-order valence-corrected chi connectivity index (χ0v) is 13.5. The number of sulfonamides is 1. The van der Waals surface area contributed by atoms with Crippen molar-refractivity contribution in [1.82, 2.24) is 15.1 Å². The highest BCUT2D eigenvalue weighted by molar-refractivity contribution is 7.92. The first-order valence-electron chi connectivity index (χ1n) is 6.63. The van der Waals surface area contributed by atoms with Gasteiger partial charge in [0.05, 0.1) is 22.1 Å². The van der Waals surface area contributed by atoms with E-state index in [1.54, 1.807) is 6.92 Å². The summed E-state index contributed by atoms with van der Waals surface area (Å²) < 4.78 is 29.3. The van der Waals surface area contributed by atoms with Crippen LogP contribution in [0.3, 0.4) is 0 Å². The second-order valence-electron chi connectivity index (χ2n) is 4.50. The molecule has 0 saturated heterocycles. The van der Waals surface area contributed by atoms with E-state index in [0.717, 1.165) is 29.1 Å². The first kappa shape index (κ1) is 17.3. The van der Waals surface area contributed by atoms with E-state index in [9.17, 15) is 23.3 Å². The third kappa shape index (κ3) is 3.48. The van der Waals surface area contributed by atoms with Gasteiger partial charge in [0.25, 0.3) is 15.7 Å². The number of aromatic nitrogens is 3. The zero-order chi connectivity index (χ0) is 17.9. The summed E-state index contributed by atoms with van der Waals surface area (Å²) in [5, 5.41) is 17.7. The zero-order valence-electron chi connectivity index (χ0n) is 12.7. The SMILES string of the molecule is CCOC(=O)c1nnn(NS(=O)(=O)c2ccc([N+](=O)[O-])cc2)c1C. The summed E-state index contributed by atoms with van der Waals surface area (Å²) in [6.07, 6.45) is 0. The monoisotopic (exact) mass is 355 g/mol. The van der Waals surface area contributed by atoms with Crippen molar-refractivity contribution in [2.75, 3.05) is 11.4 Å². The van der Waals surface area contributed by atoms with Crippen LogP contribution in [-0.2, 0) is 14.8 Å². The van der Waals surface area contributed by atoms with Crippen LogP contribution in [0.5, 0.6) is 0 Å². The molecular weight excluding hydrogens is 342 g/mol. The van der Waals surface area contributed by atoms with Crippen LogP contribution >= 0.6 is 0 Å². The minimum Gasteiger partial charge on any atom is -0.461 e. The highest BCUT2D eigenvalue weighted by Gasteiger charge is 2.22. The van der Waals surface area contributed by atoms with Crippen molar-refractivity contribution in [3.8, 4) is 0 Å². The van der Waals surface area contributed by atoms with Gasteiger partial charge >= 0.3 is 5.97 Å². The summed E-state index contributed by atoms with van der Waals surface area (Å²) >= 11 is 0. The van der Waals surface area contributed by atoms with Crippen molar-refractivity contribution in [1.29, 1.82) is 0 Å². The van der Waals surface area contributed by atoms with Crippen LogP contribution in [0.1, 0.15) is 23.1 Å². The van der Waals surface area contributed by atoms with E-state index < -0.39 is 20.9 Å². The van der Waals surface area contributed by atoms with Crippen molar-refractivity contribution in [3.63, 3.8) is 0 Å². The van der Waals surface area contributed by atoms with E-state index in [1.165, 1.54) is 6.92 Å². The van der Waals surface area contributed by atoms with Crippen LogP contribution in [0.2, 0.25) is 0 Å². The molecule has 2 rings (SSSR count). The minimum absolute atomic E-state index is 0.122. The number of ether oxygens (including phenoxy) is 1. The first-order valence-corrected chi connectivity index (χ1v) is 8.11. The fourth-order valence-corrected chi connectivity index (χ4v) is 2.72. The number of benzene rings is 1. The maximum atomic E-state index is 12.3. The highest BCUT2D eigenvalue weighted by Crippen LogP contribution is 2.16. The fourth-order valence-electron chi connectivity index (χ4n) is 1.72. The summed E-state index contributed by atoms with van der Waals surface area (Å²) in [4.78, 5) is 24.3. The molecule has 12 heteroatoms. The molecule has 0 atom stereocenters. The van der Waals surface area contributed by atoms with Gasteiger partial charge < -0.3 is 4.74 Å². The van der Waals surface area contributed by atoms with Gasteiger partial charge in [-0.05, 0) is 31.2 Å². The van der Waals surface area contributed by atoms with E-state index in [4.69, 9.17) is 4.74 Å². The van der Waals surface area contributed by atoms with Crippen molar-refractivity contribution in [2.24, 2.45) is 0 Å².